The van der Waals surface area contributed by atoms with Crippen LogP contribution in [0.4, 0.5) is 17.1 Å². The fourth-order valence-electron chi connectivity index (χ4n) is 2.81. The first-order chi connectivity index (χ1) is 14.6. The van der Waals surface area contributed by atoms with Crippen molar-refractivity contribution in [1.29, 1.82) is 0 Å². The van der Waals surface area contributed by atoms with Crippen molar-refractivity contribution < 1.29 is 14.3 Å². The molecule has 0 aliphatic rings. The molecule has 0 spiro atoms. The fourth-order valence-corrected chi connectivity index (χ4v) is 2.93. The van der Waals surface area contributed by atoms with Gasteiger partial charge in [-0.05, 0) is 48.5 Å². The van der Waals surface area contributed by atoms with Gasteiger partial charge in [0.15, 0.2) is 5.69 Å². The number of halogens is 1. The Kier molecular flexibility index (Phi) is 5.59. The molecule has 4 aromatic rings. The molecular formula is C23H16ClN3O3. The fraction of sp³-hybridized carbons (Fsp3) is 0. The number of hydrogen-bond donors (Lipinski definition) is 2. The maximum atomic E-state index is 12.6. The van der Waals surface area contributed by atoms with Crippen molar-refractivity contribution in [2.75, 3.05) is 5.32 Å². The topological polar surface area (TPSA) is 87.2 Å². The van der Waals surface area contributed by atoms with Crippen molar-refractivity contribution >= 4 is 34.6 Å². The number of rotatable bonds is 5. The molecule has 1 amide bonds. The first-order valence-electron chi connectivity index (χ1n) is 9.06. The second kappa shape index (κ2) is 8.63. The van der Waals surface area contributed by atoms with Crippen molar-refractivity contribution in [3.05, 3.63) is 95.5 Å². The molecule has 0 saturated carbocycles. The zero-order valence-electron chi connectivity index (χ0n) is 15.6. The lowest BCUT2D eigenvalue weighted by Crippen LogP contribution is -2.00. The minimum atomic E-state index is -0.553. The summed E-state index contributed by atoms with van der Waals surface area (Å²) in [6, 6.07) is 24.9. The summed E-state index contributed by atoms with van der Waals surface area (Å²) in [4.78, 5) is 12.6. The first kappa shape index (κ1) is 19.4. The van der Waals surface area contributed by atoms with Crippen molar-refractivity contribution in [2.24, 2.45) is 10.2 Å². The standard InChI is InChI=1S/C23H16ClN3O3/c24-16-12-10-15(11-13-16)21-14-20(23(29)30-21)26-27-22(28)18-8-4-5-9-19(18)25-17-6-2-1-3-7-17/h1-14,25,29H. The van der Waals surface area contributed by atoms with Gasteiger partial charge in [-0.25, -0.2) is 0 Å². The van der Waals surface area contributed by atoms with E-state index in [1.807, 2.05) is 36.4 Å². The number of furan rings is 1. The van der Waals surface area contributed by atoms with Gasteiger partial charge >= 0.3 is 5.95 Å². The normalized spacial score (nSPS) is 11.0. The molecule has 1 aromatic heterocycles. The van der Waals surface area contributed by atoms with E-state index in [1.54, 1.807) is 42.5 Å². The number of azo groups is 1. The van der Waals surface area contributed by atoms with Gasteiger partial charge in [0.25, 0.3) is 5.91 Å². The van der Waals surface area contributed by atoms with Crippen molar-refractivity contribution in [2.45, 2.75) is 0 Å². The highest BCUT2D eigenvalue weighted by atomic mass is 35.5. The minimum Gasteiger partial charge on any atom is -0.479 e. The van der Waals surface area contributed by atoms with Crippen LogP contribution < -0.4 is 5.32 Å². The summed E-state index contributed by atoms with van der Waals surface area (Å²) in [7, 11) is 0. The zero-order chi connectivity index (χ0) is 20.9. The van der Waals surface area contributed by atoms with E-state index < -0.39 is 11.9 Å². The van der Waals surface area contributed by atoms with Crippen LogP contribution >= 0.6 is 11.6 Å². The summed E-state index contributed by atoms with van der Waals surface area (Å²) in [5.41, 5.74) is 2.56. The molecule has 6 nitrogen and oxygen atoms in total. The van der Waals surface area contributed by atoms with Gasteiger partial charge in [-0.2, -0.15) is 0 Å². The van der Waals surface area contributed by atoms with E-state index in [-0.39, 0.29) is 5.69 Å². The molecule has 0 atom stereocenters. The van der Waals surface area contributed by atoms with E-state index in [4.69, 9.17) is 16.0 Å². The highest BCUT2D eigenvalue weighted by Gasteiger charge is 2.14. The number of aromatic hydroxyl groups is 1. The number of nitrogens with one attached hydrogen (secondary N) is 1. The lowest BCUT2D eigenvalue weighted by Gasteiger charge is -2.09. The van der Waals surface area contributed by atoms with Crippen LogP contribution in [0.1, 0.15) is 10.4 Å². The molecule has 4 rings (SSSR count). The van der Waals surface area contributed by atoms with Gasteiger partial charge < -0.3 is 14.8 Å². The van der Waals surface area contributed by atoms with Crippen molar-refractivity contribution in [3.63, 3.8) is 0 Å². The van der Waals surface area contributed by atoms with Crippen molar-refractivity contribution in [3.8, 4) is 17.3 Å². The maximum absolute atomic E-state index is 12.6. The van der Waals surface area contributed by atoms with Gasteiger partial charge in [-0.3, -0.25) is 4.79 Å². The minimum absolute atomic E-state index is 0.0572. The highest BCUT2D eigenvalue weighted by Crippen LogP contribution is 2.36. The number of benzene rings is 3. The summed E-state index contributed by atoms with van der Waals surface area (Å²) in [6.07, 6.45) is 0. The summed E-state index contributed by atoms with van der Waals surface area (Å²) in [5, 5.41) is 21.4. The van der Waals surface area contributed by atoms with Crippen LogP contribution in [0.3, 0.4) is 0 Å². The molecule has 0 bridgehead atoms. The second-order valence-corrected chi connectivity index (χ2v) is 6.79. The molecule has 0 fully saturated rings. The predicted octanol–water partition coefficient (Wildman–Crippen LogP) is 6.97. The van der Waals surface area contributed by atoms with Crippen LogP contribution in [0.15, 0.2) is 99.6 Å². The van der Waals surface area contributed by atoms with Gasteiger partial charge in [0.05, 0.1) is 11.3 Å². The summed E-state index contributed by atoms with van der Waals surface area (Å²) in [6.45, 7) is 0. The maximum Gasteiger partial charge on any atom is 0.311 e. The van der Waals surface area contributed by atoms with Crippen LogP contribution in [-0.4, -0.2) is 11.0 Å². The molecule has 0 aliphatic carbocycles. The Morgan fingerprint density at radius 1 is 0.933 bits per heavy atom. The van der Waals surface area contributed by atoms with Gasteiger partial charge in [0.1, 0.15) is 5.76 Å². The largest absolute Gasteiger partial charge is 0.479 e. The molecule has 2 N–H and O–H groups in total. The number of hydrogen-bond acceptors (Lipinski definition) is 5. The predicted molar refractivity (Wildman–Crippen MR) is 116 cm³/mol. The molecule has 3 aromatic carbocycles. The third kappa shape index (κ3) is 4.39. The molecule has 148 valence electrons. The Morgan fingerprint density at radius 3 is 2.40 bits per heavy atom. The second-order valence-electron chi connectivity index (χ2n) is 6.35. The van der Waals surface area contributed by atoms with E-state index in [2.05, 4.69) is 15.5 Å². The van der Waals surface area contributed by atoms with Gasteiger partial charge in [0.2, 0.25) is 0 Å². The monoisotopic (exact) mass is 417 g/mol. The van der Waals surface area contributed by atoms with Crippen LogP contribution in [0.5, 0.6) is 5.95 Å². The molecule has 0 radical (unpaired) electrons. The Balaban J connectivity index is 1.55. The number of amides is 1. The molecular weight excluding hydrogens is 402 g/mol. The highest BCUT2D eigenvalue weighted by molar-refractivity contribution is 6.30. The Labute approximate surface area is 177 Å². The summed E-state index contributed by atoms with van der Waals surface area (Å²) < 4.78 is 5.32. The van der Waals surface area contributed by atoms with E-state index in [1.165, 1.54) is 6.07 Å². The van der Waals surface area contributed by atoms with E-state index in [0.717, 1.165) is 5.69 Å². The third-order valence-electron chi connectivity index (χ3n) is 4.28. The molecule has 0 unspecified atom stereocenters. The first-order valence-corrected chi connectivity index (χ1v) is 9.44. The average Bonchev–Trinajstić information content (AvgIpc) is 3.14. The smallest absolute Gasteiger partial charge is 0.311 e. The van der Waals surface area contributed by atoms with E-state index in [0.29, 0.717) is 27.6 Å². The Hall–Kier alpha value is -3.90. The summed E-state index contributed by atoms with van der Waals surface area (Å²) in [5.74, 6) is -0.591. The molecule has 1 heterocycles. The third-order valence-corrected chi connectivity index (χ3v) is 4.53. The number of para-hydroxylation sites is 2. The molecule has 0 saturated heterocycles. The number of carbonyl (C=O) groups excluding carboxylic acids is 1. The lowest BCUT2D eigenvalue weighted by atomic mass is 10.1. The molecule has 30 heavy (non-hydrogen) atoms. The van der Waals surface area contributed by atoms with Crippen LogP contribution in [-0.2, 0) is 0 Å². The number of carbonyl (C=O) groups is 1. The Bertz CT molecular complexity index is 1200. The zero-order valence-corrected chi connectivity index (χ0v) is 16.4. The van der Waals surface area contributed by atoms with E-state index >= 15 is 0 Å². The van der Waals surface area contributed by atoms with E-state index in [9.17, 15) is 9.90 Å². The summed E-state index contributed by atoms with van der Waals surface area (Å²) >= 11 is 5.89. The van der Waals surface area contributed by atoms with Gasteiger partial charge in [-0.1, -0.05) is 41.9 Å². The lowest BCUT2D eigenvalue weighted by molar-refractivity contribution is 0.0996. The molecule has 7 heteroatoms. The number of nitrogens with zero attached hydrogens (tertiary/aromatic N) is 2. The van der Waals surface area contributed by atoms with Gasteiger partial charge in [-0.15, -0.1) is 10.2 Å². The molecule has 0 aliphatic heterocycles. The van der Waals surface area contributed by atoms with Crippen molar-refractivity contribution in [1.82, 2.24) is 0 Å². The average molecular weight is 418 g/mol. The Morgan fingerprint density at radius 2 is 1.63 bits per heavy atom. The van der Waals surface area contributed by atoms with Crippen LogP contribution in [0, 0.1) is 0 Å². The number of anilines is 2. The SMILES string of the molecule is O=C(N=Nc1cc(-c2ccc(Cl)cc2)oc1O)c1ccccc1Nc1ccccc1. The van der Waals surface area contributed by atoms with Crippen LogP contribution in [0.2, 0.25) is 5.02 Å². The van der Waals surface area contributed by atoms with Crippen LogP contribution in [0.25, 0.3) is 11.3 Å². The quantitative estimate of drug-likeness (QED) is 0.343. The van der Waals surface area contributed by atoms with Gasteiger partial charge in [0, 0.05) is 22.3 Å².